The molecule has 2 aromatic rings. The van der Waals surface area contributed by atoms with Crippen LogP contribution >= 0.6 is 11.8 Å². The van der Waals surface area contributed by atoms with Crippen molar-refractivity contribution >= 4 is 23.7 Å². The van der Waals surface area contributed by atoms with Crippen LogP contribution in [0.25, 0.3) is 0 Å². The second kappa shape index (κ2) is 8.98. The van der Waals surface area contributed by atoms with Crippen LogP contribution in [0.4, 0.5) is 4.79 Å². The first-order valence-electron chi connectivity index (χ1n) is 10.3. The molecule has 3 amide bonds. The van der Waals surface area contributed by atoms with Crippen LogP contribution in [-0.4, -0.2) is 38.0 Å². The molecule has 8 heteroatoms. The van der Waals surface area contributed by atoms with E-state index in [0.29, 0.717) is 12.5 Å². The van der Waals surface area contributed by atoms with Crippen LogP contribution in [0.1, 0.15) is 62.8 Å². The molecule has 1 atom stereocenters. The summed E-state index contributed by atoms with van der Waals surface area (Å²) < 4.78 is 2.11. The Morgan fingerprint density at radius 1 is 1.14 bits per heavy atom. The second-order valence-electron chi connectivity index (χ2n) is 7.89. The molecule has 1 aromatic heterocycles. The Bertz CT molecular complexity index is 859. The number of nitrogens with one attached hydrogen (secondary N) is 2. The molecule has 0 bridgehead atoms. The summed E-state index contributed by atoms with van der Waals surface area (Å²) in [5, 5.41) is 14.4. The van der Waals surface area contributed by atoms with E-state index in [-0.39, 0.29) is 11.9 Å². The summed E-state index contributed by atoms with van der Waals surface area (Å²) in [6, 6.07) is 9.96. The lowest BCUT2D eigenvalue weighted by atomic mass is 10.2. The van der Waals surface area contributed by atoms with Gasteiger partial charge in [-0.25, -0.2) is 4.79 Å². The minimum atomic E-state index is -0.449. The molecule has 2 fully saturated rings. The molecule has 0 spiro atoms. The van der Waals surface area contributed by atoms with Gasteiger partial charge in [-0.1, -0.05) is 54.9 Å². The number of carbonyl (C=O) groups is 2. The number of hydrogen-bond acceptors (Lipinski definition) is 5. The van der Waals surface area contributed by atoms with Gasteiger partial charge in [0.15, 0.2) is 5.16 Å². The number of imide groups is 1. The van der Waals surface area contributed by atoms with Gasteiger partial charge in [-0.3, -0.25) is 10.1 Å². The summed E-state index contributed by atoms with van der Waals surface area (Å²) in [6.45, 7) is 2.47. The van der Waals surface area contributed by atoms with Gasteiger partial charge >= 0.3 is 6.03 Å². The highest BCUT2D eigenvalue weighted by Gasteiger charge is 2.31. The van der Waals surface area contributed by atoms with E-state index in [4.69, 9.17) is 0 Å². The molecular weight excluding hydrogens is 386 g/mol. The quantitative estimate of drug-likeness (QED) is 0.679. The standard InChI is InChI=1S/C21H27N5O2S/c1-14(19(27)23-20(28)22-17-9-5-6-10-17)29-21-25-24-18(16-11-12-16)26(21)13-15-7-3-2-4-8-15/h2-4,7-8,14,16-17H,5-6,9-13H2,1H3,(H2,22,23,27,28)/t14-/m1/s1. The van der Waals surface area contributed by atoms with Gasteiger partial charge in [-0.2, -0.15) is 0 Å². The largest absolute Gasteiger partial charge is 0.335 e. The number of hydrogen-bond donors (Lipinski definition) is 2. The first-order chi connectivity index (χ1) is 14.1. The van der Waals surface area contributed by atoms with Crippen LogP contribution in [0.5, 0.6) is 0 Å². The molecule has 1 aromatic carbocycles. The molecular formula is C21H27N5O2S. The van der Waals surface area contributed by atoms with Crippen molar-refractivity contribution in [1.29, 1.82) is 0 Å². The monoisotopic (exact) mass is 413 g/mol. The van der Waals surface area contributed by atoms with E-state index >= 15 is 0 Å². The number of thioether (sulfide) groups is 1. The highest BCUT2D eigenvalue weighted by Crippen LogP contribution is 2.40. The van der Waals surface area contributed by atoms with E-state index in [1.165, 1.54) is 17.3 Å². The maximum Gasteiger partial charge on any atom is 0.321 e. The molecule has 154 valence electrons. The van der Waals surface area contributed by atoms with E-state index in [2.05, 4.69) is 37.5 Å². The lowest BCUT2D eigenvalue weighted by Gasteiger charge is -2.15. The number of aromatic nitrogens is 3. The Morgan fingerprint density at radius 2 is 1.86 bits per heavy atom. The Labute approximate surface area is 175 Å². The summed E-state index contributed by atoms with van der Waals surface area (Å²) in [5.41, 5.74) is 1.17. The first-order valence-corrected chi connectivity index (χ1v) is 11.2. The predicted octanol–water partition coefficient (Wildman–Crippen LogP) is 3.45. The molecule has 2 N–H and O–H groups in total. The van der Waals surface area contributed by atoms with E-state index in [9.17, 15) is 9.59 Å². The summed E-state index contributed by atoms with van der Waals surface area (Å²) in [7, 11) is 0. The number of urea groups is 1. The van der Waals surface area contributed by atoms with Crippen LogP contribution in [0.15, 0.2) is 35.5 Å². The van der Waals surface area contributed by atoms with Gasteiger partial charge in [0, 0.05) is 12.0 Å². The molecule has 29 heavy (non-hydrogen) atoms. The Kier molecular flexibility index (Phi) is 6.18. The number of rotatable bonds is 7. The third kappa shape index (κ3) is 5.18. The van der Waals surface area contributed by atoms with Crippen molar-refractivity contribution in [1.82, 2.24) is 25.4 Å². The minimum Gasteiger partial charge on any atom is -0.335 e. The maximum atomic E-state index is 12.5. The van der Waals surface area contributed by atoms with Gasteiger partial charge in [0.05, 0.1) is 11.8 Å². The third-order valence-corrected chi connectivity index (χ3v) is 6.53. The first kappa shape index (κ1) is 19.9. The fourth-order valence-corrected chi connectivity index (χ4v) is 4.52. The van der Waals surface area contributed by atoms with Gasteiger partial charge in [0.1, 0.15) is 5.82 Å². The molecule has 2 aliphatic carbocycles. The SMILES string of the molecule is C[C@@H](Sc1nnc(C2CC2)n1Cc1ccccc1)C(=O)NC(=O)NC1CCCC1. The molecule has 2 saturated carbocycles. The highest BCUT2D eigenvalue weighted by atomic mass is 32.2. The summed E-state index contributed by atoms with van der Waals surface area (Å²) in [4.78, 5) is 24.6. The van der Waals surface area contributed by atoms with Gasteiger partial charge in [-0.15, -0.1) is 10.2 Å². The number of carbonyl (C=O) groups excluding carboxylic acids is 2. The van der Waals surface area contributed by atoms with Crippen LogP contribution < -0.4 is 10.6 Å². The van der Waals surface area contributed by atoms with E-state index in [1.807, 2.05) is 18.2 Å². The fraction of sp³-hybridized carbons (Fsp3) is 0.524. The van der Waals surface area contributed by atoms with Crippen molar-refractivity contribution in [3.05, 3.63) is 41.7 Å². The van der Waals surface area contributed by atoms with Crippen molar-refractivity contribution in [2.45, 2.75) is 74.4 Å². The Morgan fingerprint density at radius 3 is 2.55 bits per heavy atom. The van der Waals surface area contributed by atoms with Crippen molar-refractivity contribution in [2.75, 3.05) is 0 Å². The molecule has 4 rings (SSSR count). The number of nitrogens with zero attached hydrogens (tertiary/aromatic N) is 3. The average molecular weight is 414 g/mol. The zero-order valence-corrected chi connectivity index (χ0v) is 17.5. The van der Waals surface area contributed by atoms with Gasteiger partial charge < -0.3 is 9.88 Å². The van der Waals surface area contributed by atoms with Crippen LogP contribution in [0.2, 0.25) is 0 Å². The molecule has 0 aliphatic heterocycles. The lowest BCUT2D eigenvalue weighted by molar-refractivity contribution is -0.119. The normalized spacial score (nSPS) is 17.8. The van der Waals surface area contributed by atoms with Gasteiger partial charge in [0.2, 0.25) is 5.91 Å². The Balaban J connectivity index is 1.40. The van der Waals surface area contributed by atoms with Crippen molar-refractivity contribution in [3.8, 4) is 0 Å². The summed E-state index contributed by atoms with van der Waals surface area (Å²) in [6.07, 6.45) is 6.50. The second-order valence-corrected chi connectivity index (χ2v) is 9.20. The topological polar surface area (TPSA) is 88.9 Å². The number of amides is 3. The van der Waals surface area contributed by atoms with E-state index < -0.39 is 11.3 Å². The van der Waals surface area contributed by atoms with Crippen molar-refractivity contribution < 1.29 is 9.59 Å². The van der Waals surface area contributed by atoms with Crippen LogP contribution in [-0.2, 0) is 11.3 Å². The molecule has 0 unspecified atom stereocenters. The van der Waals surface area contributed by atoms with Crippen molar-refractivity contribution in [3.63, 3.8) is 0 Å². The minimum absolute atomic E-state index is 0.181. The van der Waals surface area contributed by atoms with Gasteiger partial charge in [-0.05, 0) is 38.2 Å². The lowest BCUT2D eigenvalue weighted by Crippen LogP contribution is -2.45. The molecule has 1 heterocycles. The van der Waals surface area contributed by atoms with Crippen LogP contribution in [0, 0.1) is 0 Å². The molecule has 7 nitrogen and oxygen atoms in total. The van der Waals surface area contributed by atoms with Gasteiger partial charge in [0.25, 0.3) is 0 Å². The summed E-state index contributed by atoms with van der Waals surface area (Å²) in [5.74, 6) is 1.14. The number of benzene rings is 1. The molecule has 2 aliphatic rings. The molecule has 0 radical (unpaired) electrons. The third-order valence-electron chi connectivity index (χ3n) is 5.45. The fourth-order valence-electron chi connectivity index (χ4n) is 3.66. The van der Waals surface area contributed by atoms with Crippen molar-refractivity contribution in [2.24, 2.45) is 0 Å². The zero-order chi connectivity index (χ0) is 20.2. The zero-order valence-electron chi connectivity index (χ0n) is 16.6. The smallest absolute Gasteiger partial charge is 0.321 e. The highest BCUT2D eigenvalue weighted by molar-refractivity contribution is 8.00. The maximum absolute atomic E-state index is 12.5. The van der Waals surface area contributed by atoms with E-state index in [0.717, 1.165) is 49.5 Å². The average Bonchev–Trinajstić information content (AvgIpc) is 3.29. The molecule has 0 saturated heterocycles. The Hall–Kier alpha value is -2.35. The van der Waals surface area contributed by atoms with E-state index in [1.54, 1.807) is 6.92 Å². The van der Waals surface area contributed by atoms with Crippen LogP contribution in [0.3, 0.4) is 0 Å². The summed E-state index contributed by atoms with van der Waals surface area (Å²) >= 11 is 1.35. The predicted molar refractivity (Wildman–Crippen MR) is 112 cm³/mol.